The van der Waals surface area contributed by atoms with E-state index in [4.69, 9.17) is 23.2 Å². The van der Waals surface area contributed by atoms with Gasteiger partial charge < -0.3 is 18.4 Å². The van der Waals surface area contributed by atoms with Gasteiger partial charge in [-0.05, 0) is 38.1 Å². The van der Waals surface area contributed by atoms with E-state index in [2.05, 4.69) is 20.8 Å². The Morgan fingerprint density at radius 1 is 1.08 bits per heavy atom. The largest absolute Gasteiger partial charge is 0.494 e. The summed E-state index contributed by atoms with van der Waals surface area (Å²) in [5.41, 5.74) is 1.55. The molecule has 0 aliphatic carbocycles. The topological polar surface area (TPSA) is 53.2 Å². The third-order valence-electron chi connectivity index (χ3n) is 3.98. The smallest absolute Gasteiger partial charge is 0.169 e. The minimum atomic E-state index is -2.52. The van der Waals surface area contributed by atoms with E-state index < -0.39 is 7.28 Å². The lowest BCUT2D eigenvalue weighted by atomic mass is 10.3. The highest BCUT2D eigenvalue weighted by Crippen LogP contribution is 2.63. The first-order valence-electron chi connectivity index (χ1n) is 8.89. The number of benzene rings is 1. The summed E-state index contributed by atoms with van der Waals surface area (Å²) in [5, 5.41) is -0.260. The molecule has 0 saturated carbocycles. The van der Waals surface area contributed by atoms with Crippen molar-refractivity contribution >= 4 is 18.5 Å². The number of rotatable bonds is 8. The molecule has 0 bridgehead atoms. The maximum Gasteiger partial charge on any atom is 0.169 e. The third kappa shape index (κ3) is 4.59. The monoisotopic (exact) mass is 379 g/mol. The van der Waals surface area contributed by atoms with Crippen molar-refractivity contribution in [3.8, 4) is 5.75 Å². The molecule has 2 rings (SSSR count). The second-order valence-electron chi connectivity index (χ2n) is 6.93. The fourth-order valence-electron chi connectivity index (χ4n) is 2.64. The predicted molar refractivity (Wildman–Crippen MR) is 107 cm³/mol. The molecule has 26 heavy (non-hydrogen) atoms. The summed E-state index contributed by atoms with van der Waals surface area (Å²) in [7, 11) is -0.864. The molecule has 0 aliphatic rings. The Kier molecular flexibility index (Phi) is 7.10. The highest BCUT2D eigenvalue weighted by Gasteiger charge is 2.40. The molecule has 0 radical (unpaired) electrons. The Balaban J connectivity index is 2.63. The van der Waals surface area contributed by atoms with Crippen LogP contribution in [-0.2, 0) is 9.26 Å². The number of aryl methyl sites for hydroxylation is 1. The average Bonchev–Trinajstić information content (AvgIpc) is 3.03. The molecule has 144 valence electrons. The van der Waals surface area contributed by atoms with Gasteiger partial charge in [-0.2, -0.15) is 0 Å². The van der Waals surface area contributed by atoms with Gasteiger partial charge in [-0.15, -0.1) is 0 Å². The number of hydrogen-bond acceptors (Lipinski definition) is 5. The van der Waals surface area contributed by atoms with Crippen LogP contribution < -0.4 is 10.2 Å². The molecular formula is C20H30NO4P. The SMILES string of the molecule is CCOCCO[P@@](=Nc1ccccc1OC)(c1ccc(C)o1)C(C)(C)C. The number of hydrogen-bond donors (Lipinski definition) is 0. The summed E-state index contributed by atoms with van der Waals surface area (Å²) in [5.74, 6) is 1.56. The highest BCUT2D eigenvalue weighted by atomic mass is 31.2. The van der Waals surface area contributed by atoms with Gasteiger partial charge in [0.25, 0.3) is 0 Å². The summed E-state index contributed by atoms with van der Waals surface area (Å²) < 4.78 is 28.6. The van der Waals surface area contributed by atoms with E-state index >= 15 is 0 Å². The third-order valence-corrected chi connectivity index (χ3v) is 7.69. The number of ether oxygens (including phenoxy) is 2. The van der Waals surface area contributed by atoms with Gasteiger partial charge in [-0.25, -0.2) is 4.74 Å². The van der Waals surface area contributed by atoms with E-state index in [1.165, 1.54) is 0 Å². The molecule has 1 aromatic heterocycles. The molecule has 0 fully saturated rings. The summed E-state index contributed by atoms with van der Waals surface area (Å²) in [6, 6.07) is 11.7. The van der Waals surface area contributed by atoms with E-state index in [1.54, 1.807) is 7.11 Å². The second-order valence-corrected chi connectivity index (χ2v) is 10.3. The summed E-state index contributed by atoms with van der Waals surface area (Å²) in [6.45, 7) is 12.0. The standard InChI is InChI=1S/C20H30NO4P/c1-7-23-14-15-24-26(20(3,4)5,19-13-12-16(2)25-19)21-17-10-8-9-11-18(17)22-6/h8-13H,7,14-15H2,1-6H3/t26-/m0/s1. The Morgan fingerprint density at radius 3 is 2.38 bits per heavy atom. The van der Waals surface area contributed by atoms with Crippen molar-refractivity contribution in [3.05, 3.63) is 42.2 Å². The summed E-state index contributed by atoms with van der Waals surface area (Å²) in [6.07, 6.45) is 0. The van der Waals surface area contributed by atoms with Crippen LogP contribution in [0.4, 0.5) is 5.69 Å². The van der Waals surface area contributed by atoms with Gasteiger partial charge in [0.15, 0.2) is 12.8 Å². The van der Waals surface area contributed by atoms with Crippen molar-refractivity contribution in [1.82, 2.24) is 0 Å². The van der Waals surface area contributed by atoms with Crippen LogP contribution in [0.1, 0.15) is 33.5 Å². The normalized spacial score (nSPS) is 14.1. The maximum absolute atomic E-state index is 6.47. The van der Waals surface area contributed by atoms with E-state index in [0.29, 0.717) is 19.8 Å². The zero-order chi connectivity index (χ0) is 19.2. The second kappa shape index (κ2) is 8.90. The molecule has 0 saturated heterocycles. The first-order valence-corrected chi connectivity index (χ1v) is 10.5. The van der Waals surface area contributed by atoms with Crippen molar-refractivity contribution < 1.29 is 18.4 Å². The van der Waals surface area contributed by atoms with E-state index in [1.807, 2.05) is 50.2 Å². The molecule has 0 aliphatic heterocycles. The Labute approximate surface area is 156 Å². The highest BCUT2D eigenvalue weighted by molar-refractivity contribution is 7.70. The van der Waals surface area contributed by atoms with Gasteiger partial charge in [-0.1, -0.05) is 32.9 Å². The fraction of sp³-hybridized carbons (Fsp3) is 0.500. The molecule has 6 heteroatoms. The van der Waals surface area contributed by atoms with E-state index in [-0.39, 0.29) is 5.16 Å². The van der Waals surface area contributed by atoms with Crippen LogP contribution in [-0.4, -0.2) is 32.1 Å². The molecule has 0 N–H and O–H groups in total. The molecule has 1 atom stereocenters. The van der Waals surface area contributed by atoms with Crippen LogP contribution in [0.15, 0.2) is 45.6 Å². The minimum absolute atomic E-state index is 0.260. The Bertz CT molecular complexity index is 761. The predicted octanol–water partition coefficient (Wildman–Crippen LogP) is 5.52. The van der Waals surface area contributed by atoms with Gasteiger partial charge >= 0.3 is 0 Å². The lowest BCUT2D eigenvalue weighted by molar-refractivity contribution is 0.113. The quantitative estimate of drug-likeness (QED) is 0.447. The number of methoxy groups -OCH3 is 1. The number of para-hydroxylation sites is 1. The molecule has 0 unspecified atom stereocenters. The van der Waals surface area contributed by atoms with Crippen LogP contribution in [0.25, 0.3) is 0 Å². The Morgan fingerprint density at radius 2 is 1.81 bits per heavy atom. The zero-order valence-electron chi connectivity index (χ0n) is 16.6. The fourth-order valence-corrected chi connectivity index (χ4v) is 5.62. The zero-order valence-corrected chi connectivity index (χ0v) is 17.5. The average molecular weight is 379 g/mol. The van der Waals surface area contributed by atoms with Gasteiger partial charge in [0.1, 0.15) is 17.2 Å². The van der Waals surface area contributed by atoms with E-state index in [0.717, 1.165) is 22.7 Å². The molecule has 0 spiro atoms. The Hall–Kier alpha value is -1.55. The maximum atomic E-state index is 6.47. The van der Waals surface area contributed by atoms with Crippen molar-refractivity contribution in [2.45, 2.75) is 39.8 Å². The number of furan rings is 1. The first-order chi connectivity index (χ1) is 12.3. The molecule has 1 aromatic carbocycles. The molecule has 1 heterocycles. The van der Waals surface area contributed by atoms with Gasteiger partial charge in [-0.3, -0.25) is 0 Å². The lowest BCUT2D eigenvalue weighted by Crippen LogP contribution is -2.25. The van der Waals surface area contributed by atoms with E-state index in [9.17, 15) is 0 Å². The van der Waals surface area contributed by atoms with Crippen LogP contribution in [0.5, 0.6) is 5.75 Å². The van der Waals surface area contributed by atoms with Crippen LogP contribution in [0.2, 0.25) is 0 Å². The number of nitrogens with zero attached hydrogens (tertiary/aromatic N) is 1. The van der Waals surface area contributed by atoms with Crippen molar-refractivity contribution in [2.24, 2.45) is 4.74 Å². The van der Waals surface area contributed by atoms with Crippen molar-refractivity contribution in [2.75, 3.05) is 26.9 Å². The van der Waals surface area contributed by atoms with Crippen LogP contribution in [0.3, 0.4) is 0 Å². The van der Waals surface area contributed by atoms with Gasteiger partial charge in [0, 0.05) is 11.8 Å². The molecular weight excluding hydrogens is 349 g/mol. The lowest BCUT2D eigenvalue weighted by Gasteiger charge is -2.35. The van der Waals surface area contributed by atoms with Gasteiger partial charge in [0.2, 0.25) is 0 Å². The molecule has 0 amide bonds. The summed E-state index contributed by atoms with van der Waals surface area (Å²) in [4.78, 5) is 0. The van der Waals surface area contributed by atoms with Crippen LogP contribution in [0, 0.1) is 6.92 Å². The van der Waals surface area contributed by atoms with Crippen LogP contribution >= 0.6 is 7.28 Å². The molecule has 2 aromatic rings. The molecule has 5 nitrogen and oxygen atoms in total. The minimum Gasteiger partial charge on any atom is -0.494 e. The van der Waals surface area contributed by atoms with Crippen molar-refractivity contribution in [3.63, 3.8) is 0 Å². The van der Waals surface area contributed by atoms with Gasteiger partial charge in [0.05, 0.1) is 20.3 Å². The summed E-state index contributed by atoms with van der Waals surface area (Å²) >= 11 is 0. The first kappa shape index (κ1) is 20.8. The van der Waals surface area contributed by atoms with Crippen molar-refractivity contribution in [1.29, 1.82) is 0 Å².